The fourth-order valence-electron chi connectivity index (χ4n) is 2.33. The standard InChI is InChI=1S/C17H17NO2/c1-19-11-13-6-2-4-8-16(13)18-10-14-12-20-17-9-5-3-7-15(14)17/h2-9,12,18H,10-11H2,1H3. The third kappa shape index (κ3) is 2.53. The summed E-state index contributed by atoms with van der Waals surface area (Å²) in [5, 5.41) is 4.61. The van der Waals surface area contributed by atoms with Crippen LogP contribution in [0.2, 0.25) is 0 Å². The van der Waals surface area contributed by atoms with Crippen LogP contribution in [0.15, 0.2) is 59.2 Å². The summed E-state index contributed by atoms with van der Waals surface area (Å²) < 4.78 is 10.8. The van der Waals surface area contributed by atoms with Gasteiger partial charge in [0.05, 0.1) is 12.9 Å². The van der Waals surface area contributed by atoms with Crippen molar-refractivity contribution in [1.29, 1.82) is 0 Å². The number of rotatable bonds is 5. The summed E-state index contributed by atoms with van der Waals surface area (Å²) in [6, 6.07) is 16.3. The molecule has 0 atom stereocenters. The zero-order valence-electron chi connectivity index (χ0n) is 11.4. The molecule has 102 valence electrons. The van der Waals surface area contributed by atoms with Crippen LogP contribution in [0.1, 0.15) is 11.1 Å². The molecule has 3 heteroatoms. The maximum atomic E-state index is 5.55. The molecule has 1 aromatic heterocycles. The van der Waals surface area contributed by atoms with E-state index in [0.717, 1.165) is 34.3 Å². The molecule has 20 heavy (non-hydrogen) atoms. The summed E-state index contributed by atoms with van der Waals surface area (Å²) in [6.45, 7) is 1.34. The van der Waals surface area contributed by atoms with Gasteiger partial charge >= 0.3 is 0 Å². The maximum absolute atomic E-state index is 5.55. The topological polar surface area (TPSA) is 34.4 Å². The van der Waals surface area contributed by atoms with Crippen LogP contribution in [0.3, 0.4) is 0 Å². The van der Waals surface area contributed by atoms with E-state index >= 15 is 0 Å². The molecule has 0 spiro atoms. The number of nitrogens with one attached hydrogen (secondary N) is 1. The molecule has 0 radical (unpaired) electrons. The van der Waals surface area contributed by atoms with Crippen LogP contribution in [-0.4, -0.2) is 7.11 Å². The minimum atomic E-state index is 0.606. The smallest absolute Gasteiger partial charge is 0.134 e. The largest absolute Gasteiger partial charge is 0.464 e. The van der Waals surface area contributed by atoms with E-state index in [4.69, 9.17) is 9.15 Å². The highest BCUT2D eigenvalue weighted by molar-refractivity contribution is 5.81. The van der Waals surface area contributed by atoms with Gasteiger partial charge in [-0.3, -0.25) is 0 Å². The van der Waals surface area contributed by atoms with Crippen LogP contribution in [0, 0.1) is 0 Å². The van der Waals surface area contributed by atoms with Crippen molar-refractivity contribution in [3.05, 3.63) is 65.9 Å². The summed E-state index contributed by atoms with van der Waals surface area (Å²) in [5.41, 5.74) is 4.34. The van der Waals surface area contributed by atoms with Gasteiger partial charge in [0.25, 0.3) is 0 Å². The third-order valence-corrected chi connectivity index (χ3v) is 3.35. The number of furan rings is 1. The van der Waals surface area contributed by atoms with Gasteiger partial charge < -0.3 is 14.5 Å². The van der Waals surface area contributed by atoms with Crippen molar-refractivity contribution < 1.29 is 9.15 Å². The normalized spacial score (nSPS) is 10.8. The Labute approximate surface area is 118 Å². The van der Waals surface area contributed by atoms with Gasteiger partial charge in [-0.25, -0.2) is 0 Å². The number of fused-ring (bicyclic) bond motifs is 1. The average Bonchev–Trinajstić information content (AvgIpc) is 2.90. The first-order valence-corrected chi connectivity index (χ1v) is 6.64. The summed E-state index contributed by atoms with van der Waals surface area (Å²) in [5.74, 6) is 0. The van der Waals surface area contributed by atoms with Crippen molar-refractivity contribution in [2.45, 2.75) is 13.2 Å². The Bertz CT molecular complexity index is 703. The van der Waals surface area contributed by atoms with Crippen molar-refractivity contribution in [2.75, 3.05) is 12.4 Å². The number of para-hydroxylation sites is 2. The van der Waals surface area contributed by atoms with Gasteiger partial charge in [0.2, 0.25) is 0 Å². The molecule has 0 unspecified atom stereocenters. The molecule has 0 fully saturated rings. The van der Waals surface area contributed by atoms with Crippen molar-refractivity contribution in [3.63, 3.8) is 0 Å². The Morgan fingerprint density at radius 2 is 1.80 bits per heavy atom. The molecule has 0 aliphatic heterocycles. The molecule has 0 saturated heterocycles. The molecule has 2 aromatic carbocycles. The number of ether oxygens (including phenoxy) is 1. The molecule has 0 amide bonds. The lowest BCUT2D eigenvalue weighted by Crippen LogP contribution is -2.02. The van der Waals surface area contributed by atoms with Crippen molar-refractivity contribution in [2.24, 2.45) is 0 Å². The monoisotopic (exact) mass is 267 g/mol. The highest BCUT2D eigenvalue weighted by Crippen LogP contribution is 2.23. The Morgan fingerprint density at radius 1 is 1.00 bits per heavy atom. The fourth-order valence-corrected chi connectivity index (χ4v) is 2.33. The number of hydrogen-bond donors (Lipinski definition) is 1. The number of anilines is 1. The molecular weight excluding hydrogens is 250 g/mol. The lowest BCUT2D eigenvalue weighted by molar-refractivity contribution is 0.185. The lowest BCUT2D eigenvalue weighted by Gasteiger charge is -2.10. The predicted molar refractivity (Wildman–Crippen MR) is 80.7 cm³/mol. The van der Waals surface area contributed by atoms with E-state index in [9.17, 15) is 0 Å². The van der Waals surface area contributed by atoms with Gasteiger partial charge in [0.1, 0.15) is 5.58 Å². The minimum absolute atomic E-state index is 0.606. The molecule has 1 N–H and O–H groups in total. The SMILES string of the molecule is COCc1ccccc1NCc1coc2ccccc12. The van der Waals surface area contributed by atoms with Crippen LogP contribution >= 0.6 is 0 Å². The van der Waals surface area contributed by atoms with Crippen molar-refractivity contribution >= 4 is 16.7 Å². The highest BCUT2D eigenvalue weighted by atomic mass is 16.5. The Kier molecular flexibility index (Phi) is 3.70. The quantitative estimate of drug-likeness (QED) is 0.752. The number of benzene rings is 2. The van der Waals surface area contributed by atoms with Crippen LogP contribution in [0.4, 0.5) is 5.69 Å². The zero-order chi connectivity index (χ0) is 13.8. The molecule has 3 rings (SSSR count). The van der Waals surface area contributed by atoms with Crippen LogP contribution in [0.25, 0.3) is 11.0 Å². The Hall–Kier alpha value is -2.26. The van der Waals surface area contributed by atoms with E-state index in [1.54, 1.807) is 7.11 Å². The average molecular weight is 267 g/mol. The first-order chi connectivity index (χ1) is 9.88. The molecule has 3 nitrogen and oxygen atoms in total. The third-order valence-electron chi connectivity index (χ3n) is 3.35. The van der Waals surface area contributed by atoms with Crippen molar-refractivity contribution in [1.82, 2.24) is 0 Å². The van der Waals surface area contributed by atoms with Crippen LogP contribution in [-0.2, 0) is 17.9 Å². The molecule has 0 aliphatic rings. The van der Waals surface area contributed by atoms with Gasteiger partial charge in [-0.15, -0.1) is 0 Å². The summed E-state index contributed by atoms with van der Waals surface area (Å²) in [4.78, 5) is 0. The minimum Gasteiger partial charge on any atom is -0.464 e. The second-order valence-corrected chi connectivity index (χ2v) is 4.70. The zero-order valence-corrected chi connectivity index (χ0v) is 11.4. The molecule has 1 heterocycles. The van der Waals surface area contributed by atoms with Gasteiger partial charge in [-0.2, -0.15) is 0 Å². The van der Waals surface area contributed by atoms with Gasteiger partial charge in [0, 0.05) is 35.9 Å². The fraction of sp³-hybridized carbons (Fsp3) is 0.176. The second kappa shape index (κ2) is 5.80. The molecular formula is C17H17NO2. The maximum Gasteiger partial charge on any atom is 0.134 e. The van der Waals surface area contributed by atoms with Gasteiger partial charge in [0.15, 0.2) is 0 Å². The summed E-state index contributed by atoms with van der Waals surface area (Å²) in [7, 11) is 1.71. The van der Waals surface area contributed by atoms with E-state index in [1.807, 2.05) is 36.6 Å². The first-order valence-electron chi connectivity index (χ1n) is 6.64. The number of methoxy groups -OCH3 is 1. The molecule has 3 aromatic rings. The molecule has 0 saturated carbocycles. The summed E-state index contributed by atoms with van der Waals surface area (Å²) >= 11 is 0. The second-order valence-electron chi connectivity index (χ2n) is 4.70. The Balaban J connectivity index is 1.80. The van der Waals surface area contributed by atoms with E-state index in [-0.39, 0.29) is 0 Å². The van der Waals surface area contributed by atoms with Gasteiger partial charge in [-0.05, 0) is 12.1 Å². The number of hydrogen-bond acceptors (Lipinski definition) is 3. The van der Waals surface area contributed by atoms with E-state index in [1.165, 1.54) is 0 Å². The Morgan fingerprint density at radius 3 is 2.70 bits per heavy atom. The van der Waals surface area contributed by atoms with Gasteiger partial charge in [-0.1, -0.05) is 36.4 Å². The van der Waals surface area contributed by atoms with Crippen LogP contribution in [0.5, 0.6) is 0 Å². The highest BCUT2D eigenvalue weighted by Gasteiger charge is 2.06. The molecule has 0 aliphatic carbocycles. The van der Waals surface area contributed by atoms with Crippen molar-refractivity contribution in [3.8, 4) is 0 Å². The lowest BCUT2D eigenvalue weighted by atomic mass is 10.1. The van der Waals surface area contributed by atoms with E-state index in [2.05, 4.69) is 23.5 Å². The summed E-state index contributed by atoms with van der Waals surface area (Å²) in [6.07, 6.45) is 1.82. The van der Waals surface area contributed by atoms with Crippen LogP contribution < -0.4 is 5.32 Å². The molecule has 0 bridgehead atoms. The predicted octanol–water partition coefficient (Wildman–Crippen LogP) is 4.19. The van der Waals surface area contributed by atoms with E-state index < -0.39 is 0 Å². The first kappa shape index (κ1) is 12.8. The van der Waals surface area contributed by atoms with E-state index in [0.29, 0.717) is 6.61 Å².